The minimum Gasteiger partial charge on any atom is -0.481 e. The first-order valence-corrected chi connectivity index (χ1v) is 8.62. The Balaban J connectivity index is 1.87. The van der Waals surface area contributed by atoms with Crippen LogP contribution in [0.2, 0.25) is 0 Å². The molecule has 0 unspecified atom stereocenters. The van der Waals surface area contributed by atoms with Crippen LogP contribution in [0.25, 0.3) is 16.6 Å². The number of carboxylic acid groups (broad SMARTS) is 1. The van der Waals surface area contributed by atoms with Gasteiger partial charge in [0.1, 0.15) is 11.5 Å². The van der Waals surface area contributed by atoms with E-state index in [1.54, 1.807) is 11.4 Å². The van der Waals surface area contributed by atoms with E-state index in [-0.39, 0.29) is 29.0 Å². The average Bonchev–Trinajstić information content (AvgIpc) is 3.23. The van der Waals surface area contributed by atoms with E-state index in [2.05, 4.69) is 16.2 Å². The van der Waals surface area contributed by atoms with Gasteiger partial charge in [-0.3, -0.25) is 9.59 Å². The van der Waals surface area contributed by atoms with E-state index in [1.165, 1.54) is 0 Å². The van der Waals surface area contributed by atoms with E-state index in [0.717, 1.165) is 11.8 Å². The molecule has 1 N–H and O–H groups in total. The number of allylic oxidation sites excluding steroid dienone is 2. The molecule has 26 heavy (non-hydrogen) atoms. The summed E-state index contributed by atoms with van der Waals surface area (Å²) in [4.78, 5) is 33.0. The normalized spacial score (nSPS) is 26.8. The molecule has 0 amide bonds. The zero-order valence-electron chi connectivity index (χ0n) is 14.0. The Morgan fingerprint density at radius 3 is 2.77 bits per heavy atom. The number of aliphatic carboxylic acids is 1. The van der Waals surface area contributed by atoms with Gasteiger partial charge in [-0.15, -0.1) is 0 Å². The summed E-state index contributed by atoms with van der Waals surface area (Å²) >= 11 is 0. The third-order valence-corrected chi connectivity index (χ3v) is 5.61. The molecule has 7 heteroatoms. The van der Waals surface area contributed by atoms with Crippen LogP contribution < -0.4 is 5.56 Å². The molecular weight excluding hydrogens is 332 g/mol. The number of carboxylic acids is 1. The van der Waals surface area contributed by atoms with Crippen molar-refractivity contribution in [3.05, 3.63) is 58.3 Å². The molecule has 4 atom stereocenters. The van der Waals surface area contributed by atoms with Crippen LogP contribution in [0.3, 0.4) is 0 Å². The Kier molecular flexibility index (Phi) is 3.04. The summed E-state index contributed by atoms with van der Waals surface area (Å²) in [6, 6.07) is 7.42. The molecule has 0 spiro atoms. The van der Waals surface area contributed by atoms with E-state index in [0.29, 0.717) is 17.0 Å². The summed E-state index contributed by atoms with van der Waals surface area (Å²) in [5, 5.41) is 14.9. The second-order valence-electron chi connectivity index (χ2n) is 7.06. The summed E-state index contributed by atoms with van der Waals surface area (Å²) in [6.07, 6.45) is 4.89. The maximum atomic E-state index is 12.1. The molecule has 2 aliphatic rings. The zero-order chi connectivity index (χ0) is 18.0. The predicted octanol–water partition coefficient (Wildman–Crippen LogP) is 1.94. The minimum absolute atomic E-state index is 0.0132. The Labute approximate surface area is 148 Å². The van der Waals surface area contributed by atoms with Crippen molar-refractivity contribution in [2.75, 3.05) is 0 Å². The van der Waals surface area contributed by atoms with Crippen molar-refractivity contribution in [3.8, 4) is 0 Å². The monoisotopic (exact) mass is 348 g/mol. The lowest BCUT2D eigenvalue weighted by Gasteiger charge is -2.25. The average molecular weight is 348 g/mol. The van der Waals surface area contributed by atoms with Gasteiger partial charge in [0.25, 0.3) is 5.56 Å². The number of fused-ring (bicyclic) bond motifs is 5. The van der Waals surface area contributed by atoms with Crippen molar-refractivity contribution in [2.45, 2.75) is 19.3 Å². The van der Waals surface area contributed by atoms with Gasteiger partial charge in [-0.1, -0.05) is 24.3 Å². The second-order valence-corrected chi connectivity index (χ2v) is 7.06. The summed E-state index contributed by atoms with van der Waals surface area (Å²) < 4.78 is 1.58. The number of para-hydroxylation sites is 1. The van der Waals surface area contributed by atoms with Crippen molar-refractivity contribution in [1.82, 2.24) is 19.6 Å². The van der Waals surface area contributed by atoms with Crippen molar-refractivity contribution in [3.63, 3.8) is 0 Å². The zero-order valence-corrected chi connectivity index (χ0v) is 14.0. The van der Waals surface area contributed by atoms with Gasteiger partial charge in [-0.25, -0.2) is 4.98 Å². The molecule has 1 saturated carbocycles. The van der Waals surface area contributed by atoms with Crippen LogP contribution in [0.5, 0.6) is 0 Å². The highest BCUT2D eigenvalue weighted by Crippen LogP contribution is 2.52. The first-order valence-electron chi connectivity index (χ1n) is 8.62. The maximum absolute atomic E-state index is 12.1. The number of aromatic nitrogens is 4. The fourth-order valence-electron chi connectivity index (χ4n) is 4.46. The molecule has 3 aromatic rings. The summed E-state index contributed by atoms with van der Waals surface area (Å²) in [6.45, 7) is 1.61. The first-order chi connectivity index (χ1) is 12.5. The molecule has 0 saturated heterocycles. The third-order valence-electron chi connectivity index (χ3n) is 5.61. The lowest BCUT2D eigenvalue weighted by Crippen LogP contribution is -2.29. The number of aryl methyl sites for hydroxylation is 1. The molecule has 2 bridgehead atoms. The largest absolute Gasteiger partial charge is 0.481 e. The number of rotatable bonds is 2. The molecule has 130 valence electrons. The molecule has 5 rings (SSSR count). The summed E-state index contributed by atoms with van der Waals surface area (Å²) in [7, 11) is 0. The topological polar surface area (TPSA) is 97.5 Å². The third kappa shape index (κ3) is 1.97. The summed E-state index contributed by atoms with van der Waals surface area (Å²) in [5.41, 5.74) is 1.01. The molecule has 0 aliphatic heterocycles. The summed E-state index contributed by atoms with van der Waals surface area (Å²) in [5.74, 6) is -0.952. The van der Waals surface area contributed by atoms with Crippen molar-refractivity contribution in [1.29, 1.82) is 0 Å². The van der Waals surface area contributed by atoms with Crippen molar-refractivity contribution in [2.24, 2.45) is 17.8 Å². The fourth-order valence-corrected chi connectivity index (χ4v) is 4.46. The van der Waals surface area contributed by atoms with Gasteiger partial charge in [0, 0.05) is 11.3 Å². The van der Waals surface area contributed by atoms with E-state index in [1.807, 2.05) is 30.3 Å². The van der Waals surface area contributed by atoms with Gasteiger partial charge in [-0.2, -0.15) is 14.6 Å². The Morgan fingerprint density at radius 2 is 1.96 bits per heavy atom. The molecule has 2 aliphatic carbocycles. The van der Waals surface area contributed by atoms with Crippen LogP contribution in [0, 0.1) is 24.7 Å². The second kappa shape index (κ2) is 5.20. The molecule has 1 fully saturated rings. The highest BCUT2D eigenvalue weighted by Gasteiger charge is 2.50. The molecular formula is C19H16N4O3. The quantitative estimate of drug-likeness (QED) is 0.561. The van der Waals surface area contributed by atoms with Crippen LogP contribution >= 0.6 is 0 Å². The van der Waals surface area contributed by atoms with Crippen LogP contribution in [0.15, 0.2) is 41.2 Å². The number of benzene rings is 1. The van der Waals surface area contributed by atoms with E-state index < -0.39 is 11.9 Å². The molecule has 0 radical (unpaired) electrons. The van der Waals surface area contributed by atoms with Gasteiger partial charge in [0.05, 0.1) is 11.4 Å². The van der Waals surface area contributed by atoms with E-state index in [4.69, 9.17) is 4.98 Å². The van der Waals surface area contributed by atoms with Crippen LogP contribution in [0.1, 0.15) is 23.9 Å². The maximum Gasteiger partial charge on any atom is 0.307 e. The Hall–Kier alpha value is -3.09. The Bertz CT molecular complexity index is 1170. The van der Waals surface area contributed by atoms with Gasteiger partial charge >= 0.3 is 5.97 Å². The van der Waals surface area contributed by atoms with Crippen molar-refractivity contribution >= 4 is 22.5 Å². The van der Waals surface area contributed by atoms with Gasteiger partial charge in [-0.05, 0) is 37.3 Å². The number of hydrogen-bond acceptors (Lipinski definition) is 5. The van der Waals surface area contributed by atoms with Crippen molar-refractivity contribution < 1.29 is 9.90 Å². The van der Waals surface area contributed by atoms with Crippen LogP contribution in [-0.4, -0.2) is 30.7 Å². The van der Waals surface area contributed by atoms with Gasteiger partial charge in [0.2, 0.25) is 0 Å². The SMILES string of the molecule is Cc1nn2c([C@@H]3[C@H](C(=O)O)[C@H]4C=C[C@H]3C4)nc3ccccc3c2nc1=O. The molecule has 2 heterocycles. The molecule has 2 aromatic heterocycles. The van der Waals surface area contributed by atoms with E-state index in [9.17, 15) is 14.7 Å². The highest BCUT2D eigenvalue weighted by molar-refractivity contribution is 5.91. The van der Waals surface area contributed by atoms with Gasteiger partial charge < -0.3 is 5.11 Å². The number of carbonyl (C=O) groups is 1. The van der Waals surface area contributed by atoms with Gasteiger partial charge in [0.15, 0.2) is 5.65 Å². The smallest absolute Gasteiger partial charge is 0.307 e. The first kappa shape index (κ1) is 15.2. The lowest BCUT2D eigenvalue weighted by molar-refractivity contribution is -0.143. The standard InChI is InChI=1S/C19H16N4O3/c1-9-18(24)21-16-12-4-2-3-5-13(12)20-17(23(16)22-9)14-10-6-7-11(8-10)15(14)19(25)26/h2-7,10-11,14-15H,8H2,1H3,(H,25,26)/t10-,11-,14-,15+/m0/s1. The Morgan fingerprint density at radius 1 is 1.19 bits per heavy atom. The minimum atomic E-state index is -0.819. The van der Waals surface area contributed by atoms with Crippen LogP contribution in [-0.2, 0) is 4.79 Å². The number of nitrogens with zero attached hydrogens (tertiary/aromatic N) is 4. The lowest BCUT2D eigenvalue weighted by atomic mass is 9.82. The van der Waals surface area contributed by atoms with Crippen LogP contribution in [0.4, 0.5) is 0 Å². The molecule has 1 aromatic carbocycles. The number of hydrogen-bond donors (Lipinski definition) is 1. The fraction of sp³-hybridized carbons (Fsp3) is 0.316. The molecule has 7 nitrogen and oxygen atoms in total. The van der Waals surface area contributed by atoms with E-state index >= 15 is 0 Å². The highest BCUT2D eigenvalue weighted by atomic mass is 16.4. The predicted molar refractivity (Wildman–Crippen MR) is 93.9 cm³/mol.